The number of esters is 1. The van der Waals surface area contributed by atoms with Crippen molar-refractivity contribution in [3.63, 3.8) is 0 Å². The summed E-state index contributed by atoms with van der Waals surface area (Å²) in [7, 11) is 0. The lowest BCUT2D eigenvalue weighted by Crippen LogP contribution is -2.49. The van der Waals surface area contributed by atoms with Crippen molar-refractivity contribution in [3.05, 3.63) is 65.0 Å². The fraction of sp³-hybridized carbons (Fsp3) is 0.222. The molecule has 2 aromatic carbocycles. The molecule has 3 rings (SSSR count). The van der Waals surface area contributed by atoms with E-state index in [1.54, 1.807) is 12.1 Å². The first kappa shape index (κ1) is 15.2. The highest BCUT2D eigenvalue weighted by Gasteiger charge is 2.42. The van der Waals surface area contributed by atoms with Crippen molar-refractivity contribution in [1.29, 1.82) is 0 Å². The van der Waals surface area contributed by atoms with E-state index < -0.39 is 23.3 Å². The first-order chi connectivity index (χ1) is 10.9. The third kappa shape index (κ3) is 2.82. The number of benzene rings is 2. The van der Waals surface area contributed by atoms with Crippen molar-refractivity contribution < 1.29 is 18.7 Å². The van der Waals surface area contributed by atoms with Gasteiger partial charge in [-0.15, -0.1) is 0 Å². The van der Waals surface area contributed by atoms with Crippen molar-refractivity contribution >= 4 is 17.6 Å². The third-order valence-electron chi connectivity index (χ3n) is 3.93. The number of cyclic esters (lactones) is 1. The van der Waals surface area contributed by atoms with Crippen LogP contribution in [0.4, 0.5) is 10.1 Å². The lowest BCUT2D eigenvalue weighted by molar-refractivity contribution is -0.134. The number of carbonyl (C=O) groups is 2. The van der Waals surface area contributed by atoms with Gasteiger partial charge in [0.05, 0.1) is 11.3 Å². The molecule has 0 fully saturated rings. The van der Waals surface area contributed by atoms with Crippen LogP contribution in [0, 0.1) is 12.7 Å². The summed E-state index contributed by atoms with van der Waals surface area (Å²) in [6, 6.07) is 11.2. The maximum absolute atomic E-state index is 13.7. The molecule has 1 N–H and O–H groups in total. The first-order valence-corrected chi connectivity index (χ1v) is 7.28. The third-order valence-corrected chi connectivity index (χ3v) is 3.93. The highest BCUT2D eigenvalue weighted by atomic mass is 19.1. The molecule has 1 heterocycles. The molecule has 0 radical (unpaired) electrons. The van der Waals surface area contributed by atoms with Gasteiger partial charge in [-0.25, -0.2) is 9.18 Å². The van der Waals surface area contributed by atoms with Crippen LogP contribution in [0.1, 0.15) is 28.4 Å². The van der Waals surface area contributed by atoms with Gasteiger partial charge in [0, 0.05) is 6.42 Å². The molecule has 0 aromatic heterocycles. The van der Waals surface area contributed by atoms with E-state index in [1.165, 1.54) is 25.1 Å². The van der Waals surface area contributed by atoms with E-state index in [4.69, 9.17) is 4.74 Å². The summed E-state index contributed by atoms with van der Waals surface area (Å²) in [6.07, 6.45) is 0.246. The van der Waals surface area contributed by atoms with E-state index in [0.717, 1.165) is 11.1 Å². The Morgan fingerprint density at radius 3 is 2.74 bits per heavy atom. The molecule has 1 atom stereocenters. The largest absolute Gasteiger partial charge is 0.445 e. The number of halogens is 1. The Hall–Kier alpha value is -2.69. The number of ether oxygens (including phenoxy) is 1. The van der Waals surface area contributed by atoms with Gasteiger partial charge in [-0.1, -0.05) is 29.8 Å². The molecule has 1 amide bonds. The molecule has 4 nitrogen and oxygen atoms in total. The SMILES string of the molecule is Cc1ccc2c(c1)CC(C)(C(=O)Nc1ccccc1F)OC2=O. The van der Waals surface area contributed by atoms with Crippen LogP contribution in [0.5, 0.6) is 0 Å². The predicted octanol–water partition coefficient (Wildman–Crippen LogP) is 3.24. The minimum Gasteiger partial charge on any atom is -0.445 e. The minimum absolute atomic E-state index is 0.0600. The predicted molar refractivity (Wildman–Crippen MR) is 83.7 cm³/mol. The Morgan fingerprint density at radius 2 is 2.00 bits per heavy atom. The Labute approximate surface area is 133 Å². The number of fused-ring (bicyclic) bond motifs is 1. The number of para-hydroxylation sites is 1. The molecule has 0 spiro atoms. The normalized spacial score (nSPS) is 19.7. The molecule has 0 aliphatic carbocycles. The molecule has 0 saturated carbocycles. The highest BCUT2D eigenvalue weighted by Crippen LogP contribution is 2.30. The molecular weight excluding hydrogens is 297 g/mol. The number of amides is 1. The lowest BCUT2D eigenvalue weighted by Gasteiger charge is -2.33. The summed E-state index contributed by atoms with van der Waals surface area (Å²) in [5.74, 6) is -1.64. The van der Waals surface area contributed by atoms with E-state index in [9.17, 15) is 14.0 Å². The molecular formula is C18H16FNO3. The van der Waals surface area contributed by atoms with Gasteiger partial charge in [0.1, 0.15) is 5.82 Å². The number of aryl methyl sites for hydroxylation is 1. The number of carbonyl (C=O) groups excluding carboxylic acids is 2. The van der Waals surface area contributed by atoms with E-state index in [0.29, 0.717) is 5.56 Å². The average molecular weight is 313 g/mol. The monoisotopic (exact) mass is 313 g/mol. The zero-order valence-electron chi connectivity index (χ0n) is 12.9. The van der Waals surface area contributed by atoms with Crippen LogP contribution in [0.25, 0.3) is 0 Å². The second-order valence-electron chi connectivity index (χ2n) is 5.89. The summed E-state index contributed by atoms with van der Waals surface area (Å²) in [4.78, 5) is 24.7. The highest BCUT2D eigenvalue weighted by molar-refractivity contribution is 6.02. The molecule has 1 aliphatic rings. The van der Waals surface area contributed by atoms with Crippen LogP contribution >= 0.6 is 0 Å². The molecule has 1 aliphatic heterocycles. The topological polar surface area (TPSA) is 55.4 Å². The average Bonchev–Trinajstić information content (AvgIpc) is 2.48. The van der Waals surface area contributed by atoms with Crippen molar-refractivity contribution in [2.24, 2.45) is 0 Å². The molecule has 118 valence electrons. The second kappa shape index (κ2) is 5.50. The number of rotatable bonds is 2. The van der Waals surface area contributed by atoms with Gasteiger partial charge in [-0.2, -0.15) is 0 Å². The number of hydrogen-bond donors (Lipinski definition) is 1. The second-order valence-corrected chi connectivity index (χ2v) is 5.89. The summed E-state index contributed by atoms with van der Waals surface area (Å²) in [5.41, 5.74) is 0.902. The standard InChI is InChI=1S/C18H16FNO3/c1-11-7-8-13-12(9-11)10-18(2,23-16(13)21)17(22)20-15-6-4-3-5-14(15)19/h3-9H,10H2,1-2H3,(H,20,22). The summed E-state index contributed by atoms with van der Waals surface area (Å²) >= 11 is 0. The van der Waals surface area contributed by atoms with Gasteiger partial charge in [-0.3, -0.25) is 4.79 Å². The maximum atomic E-state index is 13.7. The summed E-state index contributed by atoms with van der Waals surface area (Å²) in [6.45, 7) is 3.45. The van der Waals surface area contributed by atoms with Crippen LogP contribution in [-0.2, 0) is 16.0 Å². The van der Waals surface area contributed by atoms with Crippen LogP contribution < -0.4 is 5.32 Å². The molecule has 2 aromatic rings. The van der Waals surface area contributed by atoms with E-state index >= 15 is 0 Å². The quantitative estimate of drug-likeness (QED) is 0.866. The first-order valence-electron chi connectivity index (χ1n) is 7.28. The van der Waals surface area contributed by atoms with Crippen molar-refractivity contribution in [2.75, 3.05) is 5.32 Å². The summed E-state index contributed by atoms with van der Waals surface area (Å²) < 4.78 is 19.0. The molecule has 0 saturated heterocycles. The lowest BCUT2D eigenvalue weighted by atomic mass is 9.88. The number of anilines is 1. The van der Waals surface area contributed by atoms with Gasteiger partial charge >= 0.3 is 5.97 Å². The summed E-state index contributed by atoms with van der Waals surface area (Å²) in [5, 5.41) is 2.50. The van der Waals surface area contributed by atoms with Crippen molar-refractivity contribution in [3.8, 4) is 0 Å². The Morgan fingerprint density at radius 1 is 1.26 bits per heavy atom. The van der Waals surface area contributed by atoms with Crippen LogP contribution in [-0.4, -0.2) is 17.5 Å². The van der Waals surface area contributed by atoms with E-state index in [-0.39, 0.29) is 12.1 Å². The minimum atomic E-state index is -1.37. The van der Waals surface area contributed by atoms with Crippen molar-refractivity contribution in [2.45, 2.75) is 25.9 Å². The smallest absolute Gasteiger partial charge is 0.339 e. The van der Waals surface area contributed by atoms with Crippen molar-refractivity contribution in [1.82, 2.24) is 0 Å². The fourth-order valence-electron chi connectivity index (χ4n) is 2.67. The molecule has 5 heteroatoms. The van der Waals surface area contributed by atoms with Gasteiger partial charge in [-0.05, 0) is 37.6 Å². The number of nitrogens with one attached hydrogen (secondary N) is 1. The maximum Gasteiger partial charge on any atom is 0.339 e. The zero-order valence-corrected chi connectivity index (χ0v) is 12.9. The Balaban J connectivity index is 1.89. The van der Waals surface area contributed by atoms with Gasteiger partial charge in [0.25, 0.3) is 5.91 Å². The van der Waals surface area contributed by atoms with Gasteiger partial charge in [0.15, 0.2) is 5.60 Å². The van der Waals surface area contributed by atoms with E-state index in [2.05, 4.69) is 5.32 Å². The van der Waals surface area contributed by atoms with Crippen LogP contribution in [0.3, 0.4) is 0 Å². The van der Waals surface area contributed by atoms with Crippen LogP contribution in [0.15, 0.2) is 42.5 Å². The zero-order chi connectivity index (χ0) is 16.6. The van der Waals surface area contributed by atoms with Gasteiger partial charge < -0.3 is 10.1 Å². The van der Waals surface area contributed by atoms with E-state index in [1.807, 2.05) is 19.1 Å². The van der Waals surface area contributed by atoms with Gasteiger partial charge in [0.2, 0.25) is 0 Å². The van der Waals surface area contributed by atoms with Crippen LogP contribution in [0.2, 0.25) is 0 Å². The Bertz CT molecular complexity index is 803. The molecule has 0 bridgehead atoms. The Kier molecular flexibility index (Phi) is 3.64. The molecule has 1 unspecified atom stereocenters. The molecule has 23 heavy (non-hydrogen) atoms. The fourth-order valence-corrected chi connectivity index (χ4v) is 2.67. The number of hydrogen-bond acceptors (Lipinski definition) is 3.